The average Bonchev–Trinajstić information content (AvgIpc) is 2.73. The average molecular weight is 226 g/mol. The molecule has 0 unspecified atom stereocenters. The summed E-state index contributed by atoms with van der Waals surface area (Å²) >= 11 is 0. The Morgan fingerprint density at radius 1 is 1.41 bits per heavy atom. The first-order chi connectivity index (χ1) is 8.19. The molecule has 0 amide bonds. The van der Waals surface area contributed by atoms with Crippen LogP contribution in [0.4, 0.5) is 5.69 Å². The summed E-state index contributed by atoms with van der Waals surface area (Å²) in [6.07, 6.45) is 1.90. The Morgan fingerprint density at radius 2 is 2.24 bits per heavy atom. The highest BCUT2D eigenvalue weighted by Crippen LogP contribution is 2.17. The van der Waals surface area contributed by atoms with Gasteiger partial charge >= 0.3 is 0 Å². The van der Waals surface area contributed by atoms with Gasteiger partial charge in [-0.2, -0.15) is 10.4 Å². The molecular formula is C13H14N4. The molecule has 0 saturated carbocycles. The molecule has 1 heterocycles. The molecule has 86 valence electrons. The van der Waals surface area contributed by atoms with Gasteiger partial charge in [-0.3, -0.25) is 4.68 Å². The van der Waals surface area contributed by atoms with Gasteiger partial charge in [-0.15, -0.1) is 0 Å². The molecule has 0 aliphatic rings. The third-order valence-electron chi connectivity index (χ3n) is 2.52. The molecule has 1 N–H and O–H groups in total. The predicted molar refractivity (Wildman–Crippen MR) is 66.4 cm³/mol. The van der Waals surface area contributed by atoms with Gasteiger partial charge < -0.3 is 5.32 Å². The van der Waals surface area contributed by atoms with E-state index in [4.69, 9.17) is 5.26 Å². The minimum Gasteiger partial charge on any atom is -0.378 e. The fourth-order valence-electron chi connectivity index (χ4n) is 1.65. The van der Waals surface area contributed by atoms with Gasteiger partial charge in [0.15, 0.2) is 0 Å². The fourth-order valence-corrected chi connectivity index (χ4v) is 1.65. The van der Waals surface area contributed by atoms with E-state index in [0.29, 0.717) is 12.1 Å². The van der Waals surface area contributed by atoms with Gasteiger partial charge in [-0.05, 0) is 30.7 Å². The van der Waals surface area contributed by atoms with Crippen LogP contribution in [0.1, 0.15) is 16.8 Å². The lowest BCUT2D eigenvalue weighted by molar-refractivity contribution is 0.747. The molecule has 0 saturated heterocycles. The summed E-state index contributed by atoms with van der Waals surface area (Å²) in [6, 6.07) is 9.87. The van der Waals surface area contributed by atoms with E-state index in [1.165, 1.54) is 0 Å². The van der Waals surface area contributed by atoms with E-state index in [9.17, 15) is 0 Å². The van der Waals surface area contributed by atoms with Crippen LogP contribution in [-0.2, 0) is 13.6 Å². The first-order valence-electron chi connectivity index (χ1n) is 5.42. The van der Waals surface area contributed by atoms with Crippen LogP contribution in [0.3, 0.4) is 0 Å². The molecule has 2 rings (SSSR count). The Balaban J connectivity index is 2.13. The molecular weight excluding hydrogens is 212 g/mol. The van der Waals surface area contributed by atoms with Crippen LogP contribution >= 0.6 is 0 Å². The van der Waals surface area contributed by atoms with Gasteiger partial charge in [0.25, 0.3) is 0 Å². The van der Waals surface area contributed by atoms with Crippen molar-refractivity contribution >= 4 is 5.69 Å². The zero-order chi connectivity index (χ0) is 12.3. The number of rotatable bonds is 3. The van der Waals surface area contributed by atoms with Crippen molar-refractivity contribution in [2.75, 3.05) is 5.32 Å². The van der Waals surface area contributed by atoms with Gasteiger partial charge in [0.05, 0.1) is 23.5 Å². The van der Waals surface area contributed by atoms with Crippen LogP contribution in [0.25, 0.3) is 0 Å². The minimum atomic E-state index is 0.624. The van der Waals surface area contributed by atoms with Crippen molar-refractivity contribution in [2.24, 2.45) is 7.05 Å². The molecule has 4 nitrogen and oxygen atoms in total. The predicted octanol–water partition coefficient (Wildman–Crippen LogP) is 2.21. The van der Waals surface area contributed by atoms with Gasteiger partial charge in [0.1, 0.15) is 6.07 Å². The van der Waals surface area contributed by atoms with Crippen molar-refractivity contribution < 1.29 is 0 Å². The van der Waals surface area contributed by atoms with Crippen molar-refractivity contribution in [2.45, 2.75) is 13.5 Å². The fraction of sp³-hybridized carbons (Fsp3) is 0.231. The number of aromatic nitrogens is 2. The van der Waals surface area contributed by atoms with E-state index in [1.54, 1.807) is 4.68 Å². The summed E-state index contributed by atoms with van der Waals surface area (Å²) in [5.74, 6) is 0. The second-order valence-electron chi connectivity index (χ2n) is 4.00. The van der Waals surface area contributed by atoms with Crippen LogP contribution in [0.2, 0.25) is 0 Å². The van der Waals surface area contributed by atoms with Crippen LogP contribution in [0, 0.1) is 18.3 Å². The third kappa shape index (κ3) is 2.64. The maximum atomic E-state index is 9.00. The number of anilines is 1. The molecule has 0 atom stereocenters. The van der Waals surface area contributed by atoms with Crippen molar-refractivity contribution in [3.05, 3.63) is 47.3 Å². The van der Waals surface area contributed by atoms with E-state index in [2.05, 4.69) is 16.5 Å². The minimum absolute atomic E-state index is 0.624. The molecule has 4 heteroatoms. The maximum absolute atomic E-state index is 9.00. The molecule has 0 spiro atoms. The van der Waals surface area contributed by atoms with Crippen molar-refractivity contribution in [1.29, 1.82) is 5.26 Å². The zero-order valence-electron chi connectivity index (χ0n) is 9.94. The standard InChI is InChI=1S/C13H14N4/c1-10-3-4-11(8-14)13(7-10)15-9-12-5-6-17(2)16-12/h3-7,15H,9H2,1-2H3. The van der Waals surface area contributed by atoms with Crippen LogP contribution in [-0.4, -0.2) is 9.78 Å². The van der Waals surface area contributed by atoms with Crippen molar-refractivity contribution in [3.8, 4) is 6.07 Å². The second kappa shape index (κ2) is 4.71. The number of hydrogen-bond acceptors (Lipinski definition) is 3. The highest BCUT2D eigenvalue weighted by Gasteiger charge is 2.03. The van der Waals surface area contributed by atoms with Gasteiger partial charge in [-0.25, -0.2) is 0 Å². The maximum Gasteiger partial charge on any atom is 0.101 e. The number of hydrogen-bond donors (Lipinski definition) is 1. The van der Waals surface area contributed by atoms with Crippen LogP contribution in [0.15, 0.2) is 30.5 Å². The Hall–Kier alpha value is -2.28. The Morgan fingerprint density at radius 3 is 2.88 bits per heavy atom. The monoisotopic (exact) mass is 226 g/mol. The SMILES string of the molecule is Cc1ccc(C#N)c(NCc2ccn(C)n2)c1. The topological polar surface area (TPSA) is 53.6 Å². The second-order valence-corrected chi connectivity index (χ2v) is 4.00. The first kappa shape index (κ1) is 11.2. The zero-order valence-corrected chi connectivity index (χ0v) is 9.94. The molecule has 17 heavy (non-hydrogen) atoms. The summed E-state index contributed by atoms with van der Waals surface area (Å²) in [5, 5.41) is 16.5. The highest BCUT2D eigenvalue weighted by molar-refractivity contribution is 5.58. The van der Waals surface area contributed by atoms with Crippen LogP contribution in [0.5, 0.6) is 0 Å². The summed E-state index contributed by atoms with van der Waals surface area (Å²) in [7, 11) is 1.89. The number of benzene rings is 1. The van der Waals surface area contributed by atoms with Gasteiger partial charge in [-0.1, -0.05) is 6.07 Å². The van der Waals surface area contributed by atoms with Gasteiger partial charge in [0.2, 0.25) is 0 Å². The lowest BCUT2D eigenvalue weighted by Crippen LogP contribution is -2.03. The smallest absolute Gasteiger partial charge is 0.101 e. The van der Waals surface area contributed by atoms with Gasteiger partial charge in [0, 0.05) is 13.2 Å². The van der Waals surface area contributed by atoms with Crippen molar-refractivity contribution in [3.63, 3.8) is 0 Å². The van der Waals surface area contributed by atoms with Crippen LogP contribution < -0.4 is 5.32 Å². The molecule has 0 fully saturated rings. The summed E-state index contributed by atoms with van der Waals surface area (Å²) in [5.41, 5.74) is 3.61. The van der Waals surface area contributed by atoms with E-state index in [-0.39, 0.29) is 0 Å². The number of nitriles is 1. The first-order valence-corrected chi connectivity index (χ1v) is 5.42. The lowest BCUT2D eigenvalue weighted by atomic mass is 10.1. The summed E-state index contributed by atoms with van der Waals surface area (Å²) in [4.78, 5) is 0. The number of nitrogens with zero attached hydrogens (tertiary/aromatic N) is 3. The quantitative estimate of drug-likeness (QED) is 0.873. The Kier molecular flexibility index (Phi) is 3.10. The Bertz CT molecular complexity index is 563. The summed E-state index contributed by atoms with van der Waals surface area (Å²) in [6.45, 7) is 2.63. The largest absolute Gasteiger partial charge is 0.378 e. The number of nitrogens with one attached hydrogen (secondary N) is 1. The number of aryl methyl sites for hydroxylation is 2. The lowest BCUT2D eigenvalue weighted by Gasteiger charge is -2.07. The molecule has 0 bridgehead atoms. The molecule has 0 aliphatic carbocycles. The van der Waals surface area contributed by atoms with E-state index >= 15 is 0 Å². The molecule has 1 aromatic heterocycles. The van der Waals surface area contributed by atoms with E-state index in [1.807, 2.05) is 44.4 Å². The van der Waals surface area contributed by atoms with E-state index < -0.39 is 0 Å². The molecule has 0 aliphatic heterocycles. The normalized spacial score (nSPS) is 9.94. The highest BCUT2D eigenvalue weighted by atomic mass is 15.3. The molecule has 0 radical (unpaired) electrons. The molecule has 2 aromatic rings. The van der Waals surface area contributed by atoms with E-state index in [0.717, 1.165) is 16.9 Å². The van der Waals surface area contributed by atoms with Crippen molar-refractivity contribution in [1.82, 2.24) is 9.78 Å². The molecule has 1 aromatic carbocycles. The summed E-state index contributed by atoms with van der Waals surface area (Å²) < 4.78 is 1.76. The third-order valence-corrected chi connectivity index (χ3v) is 2.52. The Labute approximate surface area is 100 Å².